The summed E-state index contributed by atoms with van der Waals surface area (Å²) < 4.78 is 37.2. The molecule has 2 aromatic carbocycles. The summed E-state index contributed by atoms with van der Waals surface area (Å²) in [7, 11) is -1.95. The molecule has 37 heavy (non-hydrogen) atoms. The highest BCUT2D eigenvalue weighted by atomic mass is 32.2. The van der Waals surface area contributed by atoms with Crippen molar-refractivity contribution >= 4 is 42.4 Å². The van der Waals surface area contributed by atoms with Crippen LogP contribution in [-0.4, -0.2) is 76.5 Å². The number of aryl methyl sites for hydroxylation is 2. The number of anilines is 1. The lowest BCUT2D eigenvalue weighted by molar-refractivity contribution is -0.118. The van der Waals surface area contributed by atoms with Crippen molar-refractivity contribution in [3.63, 3.8) is 0 Å². The number of methoxy groups -OCH3 is 1. The molecule has 2 heterocycles. The van der Waals surface area contributed by atoms with Gasteiger partial charge in [0.15, 0.2) is 15.0 Å². The summed E-state index contributed by atoms with van der Waals surface area (Å²) >= 11 is 1.52. The third kappa shape index (κ3) is 7.07. The van der Waals surface area contributed by atoms with Gasteiger partial charge in [0.05, 0.1) is 41.2 Å². The predicted molar refractivity (Wildman–Crippen MR) is 148 cm³/mol. The maximum absolute atomic E-state index is 13.4. The molecule has 0 bridgehead atoms. The van der Waals surface area contributed by atoms with Crippen LogP contribution in [0.3, 0.4) is 0 Å². The van der Waals surface area contributed by atoms with Crippen LogP contribution in [0.25, 0.3) is 10.2 Å². The molecular formula is C27H35N3O5S2. The van der Waals surface area contributed by atoms with Crippen molar-refractivity contribution in [2.75, 3.05) is 57.2 Å². The second kappa shape index (κ2) is 12.3. The first-order chi connectivity index (χ1) is 17.8. The van der Waals surface area contributed by atoms with E-state index in [1.54, 1.807) is 29.2 Å². The van der Waals surface area contributed by atoms with Crippen LogP contribution >= 0.6 is 11.3 Å². The fourth-order valence-electron chi connectivity index (χ4n) is 4.53. The van der Waals surface area contributed by atoms with Crippen molar-refractivity contribution in [3.8, 4) is 5.75 Å². The van der Waals surface area contributed by atoms with Gasteiger partial charge in [-0.15, -0.1) is 0 Å². The highest BCUT2D eigenvalue weighted by Gasteiger charge is 2.22. The SMILES string of the molecule is COc1ccc(S(=O)(=O)CCCC(=O)N(CCCN2CCOCC2)c2nc3c(C)cc(C)cc3s2)cc1. The molecule has 0 radical (unpaired) electrons. The highest BCUT2D eigenvalue weighted by molar-refractivity contribution is 7.91. The lowest BCUT2D eigenvalue weighted by atomic mass is 10.1. The molecule has 1 saturated heterocycles. The van der Waals surface area contributed by atoms with Crippen LogP contribution in [-0.2, 0) is 19.4 Å². The molecule has 0 N–H and O–H groups in total. The van der Waals surface area contributed by atoms with Gasteiger partial charge in [-0.1, -0.05) is 17.4 Å². The molecule has 1 aromatic heterocycles. The van der Waals surface area contributed by atoms with Crippen molar-refractivity contribution in [2.45, 2.75) is 38.0 Å². The number of hydrogen-bond donors (Lipinski definition) is 0. The Morgan fingerprint density at radius 3 is 2.57 bits per heavy atom. The van der Waals surface area contributed by atoms with E-state index in [1.807, 2.05) is 6.92 Å². The maximum atomic E-state index is 13.4. The number of ether oxygens (including phenoxy) is 2. The van der Waals surface area contributed by atoms with E-state index in [0.29, 0.717) is 17.4 Å². The number of nitrogens with zero attached hydrogens (tertiary/aromatic N) is 3. The summed E-state index contributed by atoms with van der Waals surface area (Å²) in [5.41, 5.74) is 3.16. The van der Waals surface area contributed by atoms with E-state index >= 15 is 0 Å². The van der Waals surface area contributed by atoms with E-state index in [0.717, 1.165) is 60.6 Å². The van der Waals surface area contributed by atoms with Crippen molar-refractivity contribution < 1.29 is 22.7 Å². The third-order valence-electron chi connectivity index (χ3n) is 6.53. The van der Waals surface area contributed by atoms with Gasteiger partial charge < -0.3 is 9.47 Å². The first kappa shape index (κ1) is 27.5. The van der Waals surface area contributed by atoms with Crippen molar-refractivity contribution in [1.29, 1.82) is 0 Å². The number of carbonyl (C=O) groups is 1. The molecule has 0 unspecified atom stereocenters. The topological polar surface area (TPSA) is 89.0 Å². The van der Waals surface area contributed by atoms with Crippen LogP contribution in [0, 0.1) is 13.8 Å². The van der Waals surface area contributed by atoms with Crippen LogP contribution in [0.15, 0.2) is 41.3 Å². The van der Waals surface area contributed by atoms with E-state index in [-0.39, 0.29) is 29.4 Å². The van der Waals surface area contributed by atoms with Gasteiger partial charge in [-0.2, -0.15) is 0 Å². The number of rotatable bonds is 11. The molecule has 8 nitrogen and oxygen atoms in total. The van der Waals surface area contributed by atoms with E-state index in [1.165, 1.54) is 18.4 Å². The van der Waals surface area contributed by atoms with E-state index in [2.05, 4.69) is 24.0 Å². The zero-order valence-corrected chi connectivity index (χ0v) is 23.4. The summed E-state index contributed by atoms with van der Waals surface area (Å²) in [6.07, 6.45) is 1.20. The monoisotopic (exact) mass is 545 g/mol. The Balaban J connectivity index is 1.44. The zero-order valence-electron chi connectivity index (χ0n) is 21.7. The minimum Gasteiger partial charge on any atom is -0.497 e. The molecule has 10 heteroatoms. The number of thiazole rings is 1. The minimum absolute atomic E-state index is 0.0924. The standard InChI is InChI=1S/C27H35N3O5S2/c1-20-18-21(2)26-24(19-20)36-27(28-26)30(12-5-11-29-13-15-35-16-14-29)25(31)6-4-17-37(32,33)23-9-7-22(34-3)8-10-23/h7-10,18-19H,4-6,11-17H2,1-3H3. The number of hydrogen-bond acceptors (Lipinski definition) is 8. The van der Waals surface area contributed by atoms with Crippen molar-refractivity contribution in [2.24, 2.45) is 0 Å². The Kier molecular flexibility index (Phi) is 9.17. The average molecular weight is 546 g/mol. The summed E-state index contributed by atoms with van der Waals surface area (Å²) in [6, 6.07) is 10.5. The predicted octanol–water partition coefficient (Wildman–Crippen LogP) is 4.23. The summed E-state index contributed by atoms with van der Waals surface area (Å²) in [5, 5.41) is 0.675. The van der Waals surface area contributed by atoms with Gasteiger partial charge in [-0.05, 0) is 68.1 Å². The molecule has 0 saturated carbocycles. The van der Waals surface area contributed by atoms with Gasteiger partial charge in [0.1, 0.15) is 5.75 Å². The number of aromatic nitrogens is 1. The van der Waals surface area contributed by atoms with Crippen molar-refractivity contribution in [3.05, 3.63) is 47.5 Å². The Bertz CT molecular complexity index is 1320. The quantitative estimate of drug-likeness (QED) is 0.356. The van der Waals surface area contributed by atoms with Crippen LogP contribution in [0.2, 0.25) is 0 Å². The summed E-state index contributed by atoms with van der Waals surface area (Å²) in [5.74, 6) is 0.411. The van der Waals surface area contributed by atoms with Gasteiger partial charge in [0.25, 0.3) is 0 Å². The Morgan fingerprint density at radius 2 is 1.86 bits per heavy atom. The van der Waals surface area contributed by atoms with Crippen LogP contribution in [0.5, 0.6) is 5.75 Å². The van der Waals surface area contributed by atoms with Gasteiger partial charge in [-0.3, -0.25) is 14.6 Å². The number of amides is 1. The number of morpholine rings is 1. The molecule has 1 aliphatic rings. The number of benzene rings is 2. The second-order valence-corrected chi connectivity index (χ2v) is 12.5. The molecule has 1 amide bonds. The van der Waals surface area contributed by atoms with Crippen LogP contribution < -0.4 is 9.64 Å². The fourth-order valence-corrected chi connectivity index (χ4v) is 7.02. The molecule has 1 aliphatic heterocycles. The highest BCUT2D eigenvalue weighted by Crippen LogP contribution is 2.32. The molecule has 4 rings (SSSR count). The van der Waals surface area contributed by atoms with Gasteiger partial charge in [0.2, 0.25) is 5.91 Å². The molecule has 1 fully saturated rings. The minimum atomic E-state index is -3.49. The third-order valence-corrected chi connectivity index (χ3v) is 9.37. The number of sulfone groups is 1. The lowest BCUT2D eigenvalue weighted by Gasteiger charge is -2.27. The molecule has 3 aromatic rings. The summed E-state index contributed by atoms with van der Waals surface area (Å²) in [6.45, 7) is 8.78. The molecular weight excluding hydrogens is 510 g/mol. The normalized spacial score (nSPS) is 14.7. The largest absolute Gasteiger partial charge is 0.497 e. The van der Waals surface area contributed by atoms with Crippen LogP contribution in [0.1, 0.15) is 30.4 Å². The van der Waals surface area contributed by atoms with Crippen LogP contribution in [0.4, 0.5) is 5.13 Å². The van der Waals surface area contributed by atoms with Gasteiger partial charge in [-0.25, -0.2) is 13.4 Å². The van der Waals surface area contributed by atoms with E-state index in [4.69, 9.17) is 14.5 Å². The first-order valence-corrected chi connectivity index (χ1v) is 15.1. The molecule has 0 aliphatic carbocycles. The average Bonchev–Trinajstić information content (AvgIpc) is 3.31. The molecule has 0 spiro atoms. The smallest absolute Gasteiger partial charge is 0.228 e. The Morgan fingerprint density at radius 1 is 1.14 bits per heavy atom. The fraction of sp³-hybridized carbons (Fsp3) is 0.481. The van der Waals surface area contributed by atoms with Crippen molar-refractivity contribution in [1.82, 2.24) is 9.88 Å². The van der Waals surface area contributed by atoms with Gasteiger partial charge >= 0.3 is 0 Å². The first-order valence-electron chi connectivity index (χ1n) is 12.6. The Hall–Kier alpha value is -2.53. The second-order valence-electron chi connectivity index (χ2n) is 9.38. The number of carbonyl (C=O) groups excluding carboxylic acids is 1. The van der Waals surface area contributed by atoms with Gasteiger partial charge in [0, 0.05) is 32.6 Å². The Labute approximate surface area is 223 Å². The van der Waals surface area contributed by atoms with E-state index in [9.17, 15) is 13.2 Å². The number of fused-ring (bicyclic) bond motifs is 1. The summed E-state index contributed by atoms with van der Waals surface area (Å²) in [4.78, 5) is 22.6. The zero-order chi connectivity index (χ0) is 26.4. The molecule has 200 valence electrons. The van der Waals surface area contributed by atoms with E-state index < -0.39 is 9.84 Å². The maximum Gasteiger partial charge on any atom is 0.228 e. The lowest BCUT2D eigenvalue weighted by Crippen LogP contribution is -2.39. The molecule has 0 atom stereocenters.